The number of nitrogens with one attached hydrogen (secondary N) is 1. The number of rotatable bonds is 7. The average molecular weight is 228 g/mol. The lowest BCUT2D eigenvalue weighted by Crippen LogP contribution is -2.43. The number of ether oxygens (including phenoxy) is 1. The molecule has 0 aliphatic heterocycles. The second-order valence-corrected chi connectivity index (χ2v) is 2.88. The number of nitrogens with zero attached hydrogens (tertiary/aromatic N) is 1. The zero-order valence-corrected chi connectivity index (χ0v) is 9.23. The van der Waals surface area contributed by atoms with Crippen molar-refractivity contribution in [2.24, 2.45) is 0 Å². The summed E-state index contributed by atoms with van der Waals surface area (Å²) in [4.78, 5) is 22.9. The number of aliphatic carboxylic acids is 1. The van der Waals surface area contributed by atoms with Gasteiger partial charge in [0.2, 0.25) is 0 Å². The molecular formula is C10H16N2O4. The van der Waals surface area contributed by atoms with Crippen molar-refractivity contribution in [1.82, 2.24) is 10.2 Å². The maximum absolute atomic E-state index is 11.4. The van der Waals surface area contributed by atoms with E-state index < -0.39 is 18.5 Å². The Balaban J connectivity index is 3.97. The molecule has 0 aliphatic carbocycles. The van der Waals surface area contributed by atoms with E-state index >= 15 is 0 Å². The molecule has 0 spiro atoms. The monoisotopic (exact) mass is 228 g/mol. The molecule has 0 aromatic rings. The van der Waals surface area contributed by atoms with Gasteiger partial charge in [0.15, 0.2) is 0 Å². The van der Waals surface area contributed by atoms with Gasteiger partial charge in [-0.15, -0.1) is 6.42 Å². The SMILES string of the molecule is C#CCN(CC(=O)O)C(=O)NCCOCC. The first-order valence-electron chi connectivity index (χ1n) is 4.87. The number of amides is 2. The zero-order valence-electron chi connectivity index (χ0n) is 9.23. The molecular weight excluding hydrogens is 212 g/mol. The molecule has 0 rings (SSSR count). The Hall–Kier alpha value is -1.74. The second kappa shape index (κ2) is 8.56. The predicted octanol–water partition coefficient (Wildman–Crippen LogP) is -0.248. The Morgan fingerprint density at radius 2 is 2.25 bits per heavy atom. The molecule has 90 valence electrons. The van der Waals surface area contributed by atoms with Crippen LogP contribution < -0.4 is 5.32 Å². The van der Waals surface area contributed by atoms with Crippen LogP contribution in [-0.2, 0) is 9.53 Å². The summed E-state index contributed by atoms with van der Waals surface area (Å²) < 4.78 is 5.01. The molecule has 0 fully saturated rings. The number of urea groups is 1. The van der Waals surface area contributed by atoms with Gasteiger partial charge in [-0.25, -0.2) is 4.79 Å². The Bertz CT molecular complexity index is 272. The van der Waals surface area contributed by atoms with E-state index in [9.17, 15) is 9.59 Å². The summed E-state index contributed by atoms with van der Waals surface area (Å²) >= 11 is 0. The van der Waals surface area contributed by atoms with E-state index in [1.165, 1.54) is 0 Å². The molecule has 6 heteroatoms. The van der Waals surface area contributed by atoms with Gasteiger partial charge in [0.25, 0.3) is 0 Å². The molecule has 0 saturated heterocycles. The van der Waals surface area contributed by atoms with E-state index in [-0.39, 0.29) is 6.54 Å². The number of terminal acetylenes is 1. The summed E-state index contributed by atoms with van der Waals surface area (Å²) in [6.07, 6.45) is 5.03. The first-order chi connectivity index (χ1) is 7.61. The molecule has 0 atom stereocenters. The van der Waals surface area contributed by atoms with E-state index in [0.717, 1.165) is 4.90 Å². The third kappa shape index (κ3) is 6.68. The third-order valence-electron chi connectivity index (χ3n) is 1.62. The molecule has 0 bridgehead atoms. The maximum Gasteiger partial charge on any atom is 0.323 e. The molecule has 0 heterocycles. The van der Waals surface area contributed by atoms with Crippen molar-refractivity contribution in [3.63, 3.8) is 0 Å². The highest BCUT2D eigenvalue weighted by Crippen LogP contribution is 1.88. The van der Waals surface area contributed by atoms with Crippen LogP contribution in [-0.4, -0.2) is 54.9 Å². The molecule has 0 saturated carbocycles. The van der Waals surface area contributed by atoms with Crippen molar-refractivity contribution < 1.29 is 19.4 Å². The molecule has 0 aromatic carbocycles. The van der Waals surface area contributed by atoms with Gasteiger partial charge in [0, 0.05) is 13.2 Å². The topological polar surface area (TPSA) is 78.9 Å². The highest BCUT2D eigenvalue weighted by atomic mass is 16.5. The van der Waals surface area contributed by atoms with E-state index in [4.69, 9.17) is 16.3 Å². The van der Waals surface area contributed by atoms with Crippen molar-refractivity contribution in [3.05, 3.63) is 0 Å². The van der Waals surface area contributed by atoms with E-state index in [1.54, 1.807) is 0 Å². The van der Waals surface area contributed by atoms with Gasteiger partial charge >= 0.3 is 12.0 Å². The molecule has 6 nitrogen and oxygen atoms in total. The van der Waals surface area contributed by atoms with Crippen LogP contribution >= 0.6 is 0 Å². The number of hydrogen-bond acceptors (Lipinski definition) is 3. The number of carbonyl (C=O) groups is 2. The van der Waals surface area contributed by atoms with Crippen LogP contribution in [0.25, 0.3) is 0 Å². The lowest BCUT2D eigenvalue weighted by atomic mass is 10.5. The molecule has 0 unspecified atom stereocenters. The smallest absolute Gasteiger partial charge is 0.323 e. The van der Waals surface area contributed by atoms with Gasteiger partial charge in [0.1, 0.15) is 6.54 Å². The Kier molecular flexibility index (Phi) is 7.63. The molecule has 16 heavy (non-hydrogen) atoms. The minimum Gasteiger partial charge on any atom is -0.480 e. The van der Waals surface area contributed by atoms with Crippen LogP contribution in [0.1, 0.15) is 6.92 Å². The first-order valence-corrected chi connectivity index (χ1v) is 4.87. The average Bonchev–Trinajstić information content (AvgIpc) is 2.23. The van der Waals surface area contributed by atoms with E-state index in [1.807, 2.05) is 6.92 Å². The molecule has 2 amide bonds. The Morgan fingerprint density at radius 3 is 2.75 bits per heavy atom. The minimum absolute atomic E-state index is 0.0350. The Morgan fingerprint density at radius 1 is 1.56 bits per heavy atom. The summed E-state index contributed by atoms with van der Waals surface area (Å²) in [5.41, 5.74) is 0. The molecule has 0 aliphatic rings. The standard InChI is InChI=1S/C10H16N2O4/c1-3-6-12(8-9(13)14)10(15)11-5-7-16-4-2/h1H,4-8H2,2H3,(H,11,15)(H,13,14). The van der Waals surface area contributed by atoms with Crippen LogP contribution in [0.15, 0.2) is 0 Å². The molecule has 2 N–H and O–H groups in total. The zero-order chi connectivity index (χ0) is 12.4. The van der Waals surface area contributed by atoms with Gasteiger partial charge in [-0.3, -0.25) is 4.79 Å². The summed E-state index contributed by atoms with van der Waals surface area (Å²) in [6, 6.07) is -0.500. The van der Waals surface area contributed by atoms with Crippen molar-refractivity contribution in [3.8, 4) is 12.3 Å². The lowest BCUT2D eigenvalue weighted by Gasteiger charge is -2.18. The van der Waals surface area contributed by atoms with Crippen LogP contribution in [0.5, 0.6) is 0 Å². The predicted molar refractivity (Wildman–Crippen MR) is 57.9 cm³/mol. The van der Waals surface area contributed by atoms with Crippen molar-refractivity contribution >= 4 is 12.0 Å². The fourth-order valence-corrected chi connectivity index (χ4v) is 0.959. The number of carboxylic acid groups (broad SMARTS) is 1. The third-order valence-corrected chi connectivity index (χ3v) is 1.62. The molecule has 0 radical (unpaired) electrons. The van der Waals surface area contributed by atoms with Gasteiger partial charge in [-0.1, -0.05) is 5.92 Å². The van der Waals surface area contributed by atoms with E-state index in [0.29, 0.717) is 19.8 Å². The Labute approximate surface area is 94.6 Å². The van der Waals surface area contributed by atoms with E-state index in [2.05, 4.69) is 11.2 Å². The normalized spacial score (nSPS) is 9.25. The highest BCUT2D eigenvalue weighted by Gasteiger charge is 2.14. The summed E-state index contributed by atoms with van der Waals surface area (Å²) in [5.74, 6) is 1.12. The summed E-state index contributed by atoms with van der Waals surface area (Å²) in [6.45, 7) is 2.68. The molecule has 0 aromatic heterocycles. The van der Waals surface area contributed by atoms with Gasteiger partial charge in [-0.2, -0.15) is 0 Å². The fourth-order valence-electron chi connectivity index (χ4n) is 0.959. The van der Waals surface area contributed by atoms with Crippen LogP contribution in [0.4, 0.5) is 4.79 Å². The van der Waals surface area contributed by atoms with Crippen LogP contribution in [0.2, 0.25) is 0 Å². The van der Waals surface area contributed by atoms with Crippen molar-refractivity contribution in [2.45, 2.75) is 6.92 Å². The van der Waals surface area contributed by atoms with Crippen LogP contribution in [0.3, 0.4) is 0 Å². The summed E-state index contributed by atoms with van der Waals surface area (Å²) in [7, 11) is 0. The largest absolute Gasteiger partial charge is 0.480 e. The van der Waals surface area contributed by atoms with Crippen LogP contribution in [0, 0.1) is 12.3 Å². The summed E-state index contributed by atoms with van der Waals surface area (Å²) in [5, 5.41) is 11.1. The minimum atomic E-state index is -1.10. The first kappa shape index (κ1) is 14.3. The van der Waals surface area contributed by atoms with Gasteiger partial charge in [0.05, 0.1) is 13.2 Å². The van der Waals surface area contributed by atoms with Crippen molar-refractivity contribution in [2.75, 3.05) is 32.8 Å². The highest BCUT2D eigenvalue weighted by molar-refractivity contribution is 5.80. The quantitative estimate of drug-likeness (QED) is 0.465. The number of carbonyl (C=O) groups excluding carboxylic acids is 1. The maximum atomic E-state index is 11.4. The number of carboxylic acids is 1. The van der Waals surface area contributed by atoms with Gasteiger partial charge in [-0.05, 0) is 6.92 Å². The lowest BCUT2D eigenvalue weighted by molar-refractivity contribution is -0.137. The second-order valence-electron chi connectivity index (χ2n) is 2.88. The van der Waals surface area contributed by atoms with Gasteiger partial charge < -0.3 is 20.1 Å². The van der Waals surface area contributed by atoms with Crippen molar-refractivity contribution in [1.29, 1.82) is 0 Å². The fraction of sp³-hybridized carbons (Fsp3) is 0.600. The number of hydrogen-bond donors (Lipinski definition) is 2.